The number of benzene rings is 5. The van der Waals surface area contributed by atoms with Crippen LogP contribution in [0, 0.1) is 0 Å². The minimum atomic E-state index is -4.00. The summed E-state index contributed by atoms with van der Waals surface area (Å²) in [7, 11) is 1.97. The fourth-order valence-corrected chi connectivity index (χ4v) is 7.67. The average Bonchev–Trinajstić information content (AvgIpc) is 3.64. The number of nitrogens with zero attached hydrogens (tertiary/aromatic N) is 2. The largest absolute Gasteiger partial charge is 1.00 e. The number of hydrogen-bond donors (Lipinski definition) is 0. The van der Waals surface area contributed by atoms with Crippen molar-refractivity contribution in [3.05, 3.63) is 126 Å². The van der Waals surface area contributed by atoms with Crippen LogP contribution in [-0.4, -0.2) is 21.5 Å². The lowest BCUT2D eigenvalue weighted by atomic mass is 9.93. The third-order valence-electron chi connectivity index (χ3n) is 8.51. The van der Waals surface area contributed by atoms with Gasteiger partial charge in [-0.2, -0.15) is 4.58 Å². The van der Waals surface area contributed by atoms with Crippen LogP contribution in [0.1, 0.15) is 11.1 Å². The zero-order chi connectivity index (χ0) is 28.4. The molecule has 8 heteroatoms. The first-order chi connectivity index (χ1) is 20.5. The molecule has 0 saturated carbocycles. The van der Waals surface area contributed by atoms with Gasteiger partial charge in [-0.15, -0.1) is 0 Å². The molecule has 0 N–H and O–H groups in total. The van der Waals surface area contributed by atoms with Gasteiger partial charge in [0, 0.05) is 80.9 Å². The molecule has 0 amide bonds. The summed E-state index contributed by atoms with van der Waals surface area (Å²) in [5.74, 6) is 0.681. The van der Waals surface area contributed by atoms with Gasteiger partial charge in [-0.1, -0.05) is 54.6 Å². The first kappa shape index (κ1) is 27.7. The lowest BCUT2D eigenvalue weighted by Crippen LogP contribution is -3.00. The number of para-hydroxylation sites is 2. The van der Waals surface area contributed by atoms with Crippen molar-refractivity contribution in [1.82, 2.24) is 4.58 Å². The summed E-state index contributed by atoms with van der Waals surface area (Å²) in [6.45, 7) is 1.77. The molecule has 43 heavy (non-hydrogen) atoms. The van der Waals surface area contributed by atoms with E-state index in [2.05, 4.69) is 82.3 Å². The van der Waals surface area contributed by atoms with Gasteiger partial charge < -0.3 is 21.7 Å². The first-order valence-electron chi connectivity index (χ1n) is 14.0. The molecular formula is C35H26Cl2N2O3S. The maximum Gasteiger partial charge on any atom is 0.261 e. The molecule has 4 aromatic carbocycles. The standard InChI is InChI=1S/C35H26ClN2O3S.ClH/c36-42(39,40)34-12-6-3-9-29(34)35-27-15-13-25(37-19-17-23-7-1-4-10-30(23)37)21-32(27)41-33-22-26(14-16-28(33)35)38-20-18-24-8-2-5-11-31(24)38;/h1-16,21-22H,17-20H2;1H/q+1;/p-1. The van der Waals surface area contributed by atoms with Gasteiger partial charge in [-0.25, -0.2) is 8.42 Å². The molecule has 3 aliphatic heterocycles. The smallest absolute Gasteiger partial charge is 0.261 e. The van der Waals surface area contributed by atoms with Crippen LogP contribution in [-0.2, 0) is 21.9 Å². The van der Waals surface area contributed by atoms with E-state index in [-0.39, 0.29) is 17.3 Å². The molecule has 8 rings (SSSR count). The first-order valence-corrected chi connectivity index (χ1v) is 16.4. The Morgan fingerprint density at radius 1 is 0.767 bits per heavy atom. The number of halogens is 2. The Hall–Kier alpha value is -4.10. The normalized spacial score (nSPS) is 15.4. The molecule has 0 aromatic heterocycles. The van der Waals surface area contributed by atoms with Crippen LogP contribution >= 0.6 is 10.7 Å². The van der Waals surface area contributed by atoms with E-state index < -0.39 is 9.05 Å². The zero-order valence-corrected chi connectivity index (χ0v) is 25.3. The molecular weight excluding hydrogens is 599 g/mol. The molecule has 4 aromatic rings. The monoisotopic (exact) mass is 624 g/mol. The lowest BCUT2D eigenvalue weighted by molar-refractivity contribution is -0.0000108. The summed E-state index contributed by atoms with van der Waals surface area (Å²) in [5.41, 5.74) is 8.92. The number of hydrogen-bond acceptors (Lipinski definition) is 4. The topological polar surface area (TPSA) is 53.5 Å². The average molecular weight is 626 g/mol. The second kappa shape index (κ2) is 10.6. The van der Waals surface area contributed by atoms with Gasteiger partial charge in [0.25, 0.3) is 9.05 Å². The highest BCUT2D eigenvalue weighted by Crippen LogP contribution is 2.44. The van der Waals surface area contributed by atoms with Gasteiger partial charge in [0.2, 0.25) is 11.0 Å². The van der Waals surface area contributed by atoms with Crippen molar-refractivity contribution in [2.24, 2.45) is 0 Å². The van der Waals surface area contributed by atoms with Crippen molar-refractivity contribution in [2.75, 3.05) is 18.0 Å². The quantitative estimate of drug-likeness (QED) is 0.165. The van der Waals surface area contributed by atoms with Crippen molar-refractivity contribution >= 4 is 47.8 Å². The van der Waals surface area contributed by atoms with Crippen molar-refractivity contribution in [3.8, 4) is 22.5 Å². The molecule has 0 fully saturated rings. The van der Waals surface area contributed by atoms with Crippen LogP contribution < -0.4 is 27.2 Å². The predicted molar refractivity (Wildman–Crippen MR) is 168 cm³/mol. The van der Waals surface area contributed by atoms with Gasteiger partial charge in [-0.3, -0.25) is 0 Å². The summed E-state index contributed by atoms with van der Waals surface area (Å²) in [4.78, 5) is 2.39. The van der Waals surface area contributed by atoms with Crippen LogP contribution in [0.3, 0.4) is 0 Å². The van der Waals surface area contributed by atoms with E-state index in [1.165, 1.54) is 22.5 Å². The third-order valence-corrected chi connectivity index (χ3v) is 9.89. The maximum atomic E-state index is 12.7. The Bertz CT molecular complexity index is 2210. The highest BCUT2D eigenvalue weighted by Gasteiger charge is 2.27. The van der Waals surface area contributed by atoms with Gasteiger partial charge in [0.1, 0.15) is 11.3 Å². The highest BCUT2D eigenvalue weighted by molar-refractivity contribution is 8.13. The van der Waals surface area contributed by atoms with E-state index in [0.717, 1.165) is 53.5 Å². The summed E-state index contributed by atoms with van der Waals surface area (Å²) in [6.07, 6.45) is 1.96. The minimum absolute atomic E-state index is 0. The highest BCUT2D eigenvalue weighted by atomic mass is 35.7. The fourth-order valence-electron chi connectivity index (χ4n) is 6.59. The van der Waals surface area contributed by atoms with E-state index >= 15 is 0 Å². The van der Waals surface area contributed by atoms with E-state index in [4.69, 9.17) is 15.1 Å². The molecule has 0 spiro atoms. The van der Waals surface area contributed by atoms with Gasteiger partial charge >= 0.3 is 0 Å². The Morgan fingerprint density at radius 3 is 2.40 bits per heavy atom. The summed E-state index contributed by atoms with van der Waals surface area (Å²) in [5, 5.41) is 1.86. The van der Waals surface area contributed by atoms with E-state index in [1.54, 1.807) is 12.1 Å². The van der Waals surface area contributed by atoms with Crippen LogP contribution in [0.15, 0.2) is 119 Å². The van der Waals surface area contributed by atoms with Crippen LogP contribution in [0.25, 0.3) is 33.4 Å². The van der Waals surface area contributed by atoms with Crippen LogP contribution in [0.2, 0.25) is 0 Å². The van der Waals surface area contributed by atoms with Crippen molar-refractivity contribution in [1.29, 1.82) is 0 Å². The second-order valence-electron chi connectivity index (χ2n) is 10.8. The molecule has 1 aliphatic carbocycles. The number of rotatable bonds is 3. The molecule has 5 nitrogen and oxygen atoms in total. The van der Waals surface area contributed by atoms with E-state index in [9.17, 15) is 8.42 Å². The Balaban J connectivity index is 0.00000300. The van der Waals surface area contributed by atoms with Crippen molar-refractivity contribution in [3.63, 3.8) is 0 Å². The van der Waals surface area contributed by atoms with E-state index in [1.807, 2.05) is 24.3 Å². The minimum Gasteiger partial charge on any atom is -1.00 e. The maximum absolute atomic E-state index is 12.7. The second-order valence-corrected chi connectivity index (χ2v) is 13.4. The van der Waals surface area contributed by atoms with Gasteiger partial charge in [0.05, 0.1) is 11.0 Å². The molecule has 0 atom stereocenters. The summed E-state index contributed by atoms with van der Waals surface area (Å²) >= 11 is 0. The summed E-state index contributed by atoms with van der Waals surface area (Å²) in [6, 6.07) is 36.2. The molecule has 0 radical (unpaired) electrons. The van der Waals surface area contributed by atoms with Crippen molar-refractivity contribution < 1.29 is 25.2 Å². The predicted octanol–water partition coefficient (Wildman–Crippen LogP) is 4.49. The fraction of sp³-hybridized carbons (Fsp3) is 0.114. The van der Waals surface area contributed by atoms with Gasteiger partial charge in [0.15, 0.2) is 6.54 Å². The van der Waals surface area contributed by atoms with Gasteiger partial charge in [-0.05, 0) is 42.3 Å². The molecule has 214 valence electrons. The van der Waals surface area contributed by atoms with Crippen molar-refractivity contribution in [2.45, 2.75) is 17.7 Å². The van der Waals surface area contributed by atoms with Crippen LogP contribution in [0.4, 0.5) is 17.1 Å². The molecule has 0 unspecified atom stereocenters. The number of fused-ring (bicyclic) bond motifs is 4. The Kier molecular flexibility index (Phi) is 6.81. The number of anilines is 2. The SMILES string of the molecule is O=S(=O)(Cl)c1ccccc1-c1c2ccc(=[N+]3CCc4ccccc43)cc-2oc2cc(N3CCc4ccccc43)ccc12.[Cl-]. The molecule has 4 aliphatic rings. The Morgan fingerprint density at radius 2 is 1.53 bits per heavy atom. The molecule has 0 bridgehead atoms. The third kappa shape index (κ3) is 4.61. The zero-order valence-electron chi connectivity index (χ0n) is 23.0. The summed E-state index contributed by atoms with van der Waals surface area (Å²) < 4.78 is 34.4. The van der Waals surface area contributed by atoms with E-state index in [0.29, 0.717) is 16.9 Å². The van der Waals surface area contributed by atoms with Crippen LogP contribution in [0.5, 0.6) is 0 Å². The Labute approximate surface area is 260 Å². The lowest BCUT2D eigenvalue weighted by Gasteiger charge is -2.21. The molecule has 3 heterocycles. The molecule has 0 saturated heterocycles.